The number of anilines is 1. The van der Waals surface area contributed by atoms with Crippen molar-refractivity contribution < 1.29 is 4.79 Å². The van der Waals surface area contributed by atoms with Crippen molar-refractivity contribution in [3.05, 3.63) is 42.2 Å². The monoisotopic (exact) mass is 368 g/mol. The summed E-state index contributed by atoms with van der Waals surface area (Å²) in [4.78, 5) is 24.8. The molecule has 0 saturated heterocycles. The van der Waals surface area contributed by atoms with Crippen molar-refractivity contribution in [2.45, 2.75) is 19.3 Å². The summed E-state index contributed by atoms with van der Waals surface area (Å²) in [5.41, 5.74) is 8.30. The number of benzene rings is 1. The predicted molar refractivity (Wildman–Crippen MR) is 109 cm³/mol. The van der Waals surface area contributed by atoms with Gasteiger partial charge < -0.3 is 15.5 Å². The van der Waals surface area contributed by atoms with E-state index < -0.39 is 0 Å². The predicted octanol–water partition coefficient (Wildman–Crippen LogP) is 1.97. The number of likely N-dealkylation sites (N-methyl/N-ethyl adjacent to an activating group) is 2. The van der Waals surface area contributed by atoms with Crippen LogP contribution in [0.5, 0.6) is 0 Å². The zero-order valence-corrected chi connectivity index (χ0v) is 16.3. The second kappa shape index (κ2) is 9.78. The normalized spacial score (nSPS) is 10.8. The average Bonchev–Trinajstić information content (AvgIpc) is 2.64. The van der Waals surface area contributed by atoms with Crippen LogP contribution in [0, 0.1) is 5.41 Å². The Morgan fingerprint density at radius 2 is 1.81 bits per heavy atom. The maximum atomic E-state index is 11.7. The van der Waals surface area contributed by atoms with Gasteiger partial charge in [0.2, 0.25) is 5.95 Å². The number of hydrogen-bond acceptors (Lipinski definition) is 6. The molecule has 0 aliphatic rings. The molecule has 1 aromatic carbocycles. The molecule has 0 fully saturated rings. The van der Waals surface area contributed by atoms with Gasteiger partial charge in [-0.15, -0.1) is 0 Å². The highest BCUT2D eigenvalue weighted by Crippen LogP contribution is 2.21. The minimum absolute atomic E-state index is 0.0126. The number of Topliss-reactive ketones (excluding diaryl/α,β-unsaturated/α-hetero) is 1. The van der Waals surface area contributed by atoms with Crippen molar-refractivity contribution in [2.75, 3.05) is 39.1 Å². The van der Waals surface area contributed by atoms with E-state index in [1.54, 1.807) is 0 Å². The molecule has 0 radical (unpaired) electrons. The van der Waals surface area contributed by atoms with E-state index in [1.807, 2.05) is 56.6 Å². The van der Waals surface area contributed by atoms with Gasteiger partial charge in [0, 0.05) is 44.5 Å². The highest BCUT2D eigenvalue weighted by atomic mass is 16.1. The van der Waals surface area contributed by atoms with E-state index in [9.17, 15) is 4.79 Å². The lowest BCUT2D eigenvalue weighted by atomic mass is 10.0. The number of nitrogens with one attached hydrogen (secondary N) is 1. The third kappa shape index (κ3) is 6.79. The Balaban J connectivity index is 2.01. The number of carbonyl (C=O) groups excluding carboxylic acids is 1. The molecule has 2 rings (SSSR count). The average molecular weight is 368 g/mol. The zero-order valence-electron chi connectivity index (χ0n) is 16.3. The maximum Gasteiger partial charge on any atom is 0.225 e. The van der Waals surface area contributed by atoms with E-state index in [-0.39, 0.29) is 18.0 Å². The summed E-state index contributed by atoms with van der Waals surface area (Å²) >= 11 is 0. The molecule has 0 aliphatic carbocycles. The third-order valence-corrected chi connectivity index (χ3v) is 4.20. The van der Waals surface area contributed by atoms with Gasteiger partial charge in [0.1, 0.15) is 5.78 Å². The second-order valence-electron chi connectivity index (χ2n) is 6.94. The molecule has 0 bridgehead atoms. The lowest BCUT2D eigenvalue weighted by molar-refractivity contribution is -0.117. The fraction of sp³-hybridized carbons (Fsp3) is 0.400. The van der Waals surface area contributed by atoms with Crippen molar-refractivity contribution in [3.8, 4) is 11.1 Å². The number of aryl methyl sites for hydroxylation is 1. The van der Waals surface area contributed by atoms with Crippen LogP contribution in [0.4, 0.5) is 5.95 Å². The number of hydrogen-bond donors (Lipinski definition) is 2. The Kier molecular flexibility index (Phi) is 7.43. The molecule has 0 saturated carbocycles. The fourth-order valence-corrected chi connectivity index (χ4v) is 2.61. The van der Waals surface area contributed by atoms with Crippen molar-refractivity contribution in [1.29, 1.82) is 5.41 Å². The van der Waals surface area contributed by atoms with E-state index in [0.717, 1.165) is 29.8 Å². The summed E-state index contributed by atoms with van der Waals surface area (Å²) < 4.78 is 0. The second-order valence-corrected chi connectivity index (χ2v) is 6.94. The number of ketones is 1. The maximum absolute atomic E-state index is 11.7. The molecule has 0 unspecified atom stereocenters. The standard InChI is InChI=1S/C20H28N6O/c1-25(2)9-10-26(3)20-23-13-17(14-24-20)16-6-4-5-15(11-16)7-8-18(27)12-19(21)22/h4-6,11,13-14H,7-10,12H2,1-3H3,(H3,21,22). The van der Waals surface area contributed by atoms with Crippen LogP contribution in [-0.2, 0) is 11.2 Å². The van der Waals surface area contributed by atoms with E-state index in [4.69, 9.17) is 11.1 Å². The largest absolute Gasteiger partial charge is 0.387 e. The highest BCUT2D eigenvalue weighted by Gasteiger charge is 2.08. The quantitative estimate of drug-likeness (QED) is 0.491. The molecular formula is C20H28N6O. The minimum Gasteiger partial charge on any atom is -0.387 e. The fourth-order valence-electron chi connectivity index (χ4n) is 2.61. The van der Waals surface area contributed by atoms with Gasteiger partial charge in [0.25, 0.3) is 0 Å². The van der Waals surface area contributed by atoms with Crippen LogP contribution >= 0.6 is 0 Å². The van der Waals surface area contributed by atoms with E-state index in [2.05, 4.69) is 20.9 Å². The summed E-state index contributed by atoms with van der Waals surface area (Å²) in [5, 5.41) is 7.19. The Bertz CT molecular complexity index is 772. The molecule has 0 aliphatic heterocycles. The van der Waals surface area contributed by atoms with Gasteiger partial charge in [-0.3, -0.25) is 10.2 Å². The third-order valence-electron chi connectivity index (χ3n) is 4.20. The van der Waals surface area contributed by atoms with E-state index in [0.29, 0.717) is 18.8 Å². The summed E-state index contributed by atoms with van der Waals surface area (Å²) in [6, 6.07) is 8.02. The summed E-state index contributed by atoms with van der Waals surface area (Å²) in [7, 11) is 6.06. The van der Waals surface area contributed by atoms with Crippen molar-refractivity contribution >= 4 is 17.6 Å². The van der Waals surface area contributed by atoms with Crippen molar-refractivity contribution in [3.63, 3.8) is 0 Å². The molecule has 0 atom stereocenters. The van der Waals surface area contributed by atoms with Crippen LogP contribution in [0.1, 0.15) is 18.4 Å². The van der Waals surface area contributed by atoms with E-state index >= 15 is 0 Å². The first kappa shape index (κ1) is 20.5. The highest BCUT2D eigenvalue weighted by molar-refractivity contribution is 5.98. The van der Waals surface area contributed by atoms with Gasteiger partial charge >= 0.3 is 0 Å². The lowest BCUT2D eigenvalue weighted by Crippen LogP contribution is -2.29. The first-order chi connectivity index (χ1) is 12.8. The molecule has 3 N–H and O–H groups in total. The number of nitrogens with zero attached hydrogens (tertiary/aromatic N) is 4. The van der Waals surface area contributed by atoms with Crippen molar-refractivity contribution in [2.24, 2.45) is 5.73 Å². The summed E-state index contributed by atoms with van der Waals surface area (Å²) in [6.07, 6.45) is 4.70. The summed E-state index contributed by atoms with van der Waals surface area (Å²) in [6.45, 7) is 1.79. The van der Waals surface area contributed by atoms with Crippen LogP contribution in [0.25, 0.3) is 11.1 Å². The molecular weight excluding hydrogens is 340 g/mol. The molecule has 7 nitrogen and oxygen atoms in total. The molecule has 1 heterocycles. The first-order valence-corrected chi connectivity index (χ1v) is 8.97. The molecule has 27 heavy (non-hydrogen) atoms. The van der Waals surface area contributed by atoms with Crippen LogP contribution in [0.15, 0.2) is 36.7 Å². The topological polar surface area (TPSA) is 99.2 Å². The Morgan fingerprint density at radius 1 is 1.11 bits per heavy atom. The number of rotatable bonds is 10. The minimum atomic E-state index is -0.0819. The van der Waals surface area contributed by atoms with Crippen LogP contribution in [0.3, 0.4) is 0 Å². The molecule has 1 aromatic heterocycles. The Hall–Kier alpha value is -2.80. The number of amidine groups is 1. The van der Waals surface area contributed by atoms with Gasteiger partial charge in [-0.05, 0) is 31.6 Å². The molecule has 7 heteroatoms. The van der Waals surface area contributed by atoms with E-state index in [1.165, 1.54) is 0 Å². The Morgan fingerprint density at radius 3 is 2.44 bits per heavy atom. The van der Waals surface area contributed by atoms with Gasteiger partial charge in [0.05, 0.1) is 12.3 Å². The zero-order chi connectivity index (χ0) is 19.8. The SMILES string of the molecule is CN(C)CCN(C)c1ncc(-c2cccc(CCC(=O)CC(=N)N)c2)cn1. The first-order valence-electron chi connectivity index (χ1n) is 8.97. The Labute approximate surface area is 160 Å². The molecule has 144 valence electrons. The smallest absolute Gasteiger partial charge is 0.225 e. The van der Waals surface area contributed by atoms with Gasteiger partial charge in [-0.1, -0.05) is 24.3 Å². The van der Waals surface area contributed by atoms with Crippen LogP contribution in [0.2, 0.25) is 0 Å². The molecule has 2 aromatic rings. The van der Waals surface area contributed by atoms with Crippen LogP contribution in [-0.4, -0.2) is 60.7 Å². The summed E-state index contributed by atoms with van der Waals surface area (Å²) in [5.74, 6) is 0.606. The van der Waals surface area contributed by atoms with Gasteiger partial charge in [-0.2, -0.15) is 0 Å². The lowest BCUT2D eigenvalue weighted by Gasteiger charge is -2.19. The van der Waals surface area contributed by atoms with Crippen LogP contribution < -0.4 is 10.6 Å². The number of carbonyl (C=O) groups is 1. The molecule has 0 spiro atoms. The number of nitrogens with two attached hydrogens (primary N) is 1. The molecule has 0 amide bonds. The van der Waals surface area contributed by atoms with Gasteiger partial charge in [0.15, 0.2) is 0 Å². The number of aromatic nitrogens is 2. The van der Waals surface area contributed by atoms with Gasteiger partial charge in [-0.25, -0.2) is 9.97 Å². The van der Waals surface area contributed by atoms with Crippen molar-refractivity contribution in [1.82, 2.24) is 14.9 Å².